The number of halogens is 1. The van der Waals surface area contributed by atoms with Gasteiger partial charge in [-0.15, -0.1) is 4.59 Å². The maximum atomic E-state index is 14.9. The first-order valence-corrected chi connectivity index (χ1v) is 9.20. The Bertz CT molecular complexity index is 1220. The van der Waals surface area contributed by atoms with Crippen LogP contribution < -0.4 is 10.6 Å². The lowest BCUT2D eigenvalue weighted by atomic mass is 10.0. The minimum Gasteiger partial charge on any atom is -0.454 e. The molecule has 0 saturated heterocycles. The number of quaternary nitrogens is 1. The predicted octanol–water partition coefficient (Wildman–Crippen LogP) is 4.64. The molecule has 5 rings (SSSR count). The Hall–Kier alpha value is -3.61. The molecule has 2 N–H and O–H groups in total. The summed E-state index contributed by atoms with van der Waals surface area (Å²) in [5.41, 5.74) is 4.10. The van der Waals surface area contributed by atoms with Crippen LogP contribution in [-0.2, 0) is 0 Å². The number of allylic oxidation sites excluding steroid dienone is 4. The fourth-order valence-electron chi connectivity index (χ4n) is 3.47. The van der Waals surface area contributed by atoms with Crippen LogP contribution in [0.2, 0.25) is 0 Å². The zero-order valence-corrected chi connectivity index (χ0v) is 15.7. The van der Waals surface area contributed by atoms with Crippen molar-refractivity contribution in [3.63, 3.8) is 0 Å². The standard InChI is InChI=1S/C23H18FN4O/c1-15-4-2-7-18(12-15)29-21-9-8-17(13-19(21)24)23-27-22(16-5-3-6-16)20-14-26-10-11-28(20,23)25/h2-14H,25H2,1H3/q+1. The highest BCUT2D eigenvalue weighted by Gasteiger charge is 2.45. The van der Waals surface area contributed by atoms with Crippen molar-refractivity contribution in [2.75, 3.05) is 0 Å². The summed E-state index contributed by atoms with van der Waals surface area (Å²) in [6.07, 6.45) is 10.9. The van der Waals surface area contributed by atoms with Gasteiger partial charge in [0.15, 0.2) is 11.6 Å². The average molecular weight is 385 g/mol. The van der Waals surface area contributed by atoms with Gasteiger partial charge in [0.05, 0.1) is 18.0 Å². The third-order valence-electron chi connectivity index (χ3n) is 5.03. The summed E-state index contributed by atoms with van der Waals surface area (Å²) < 4.78 is 20.4. The van der Waals surface area contributed by atoms with Crippen molar-refractivity contribution in [2.45, 2.75) is 6.92 Å². The topological polar surface area (TPSA) is 60.0 Å². The van der Waals surface area contributed by atoms with E-state index < -0.39 is 5.82 Å². The molecule has 1 unspecified atom stereocenters. The van der Waals surface area contributed by atoms with Crippen molar-refractivity contribution < 1.29 is 13.7 Å². The molecule has 1 atom stereocenters. The second-order valence-electron chi connectivity index (χ2n) is 7.07. The Kier molecular flexibility index (Phi) is 3.91. The monoisotopic (exact) mass is 385 g/mol. The summed E-state index contributed by atoms with van der Waals surface area (Å²) in [6, 6.07) is 12.3. The first kappa shape index (κ1) is 17.5. The lowest BCUT2D eigenvalue weighted by molar-refractivity contribution is -0.750. The highest BCUT2D eigenvalue weighted by molar-refractivity contribution is 6.01. The summed E-state index contributed by atoms with van der Waals surface area (Å²) in [7, 11) is 0. The number of nitrogens with two attached hydrogens (primary N) is 1. The Balaban J connectivity index is 1.51. The number of hydrogen-bond acceptors (Lipinski definition) is 4. The van der Waals surface area contributed by atoms with Crippen LogP contribution in [0.25, 0.3) is 0 Å². The maximum Gasteiger partial charge on any atom is 0.265 e. The number of amidine groups is 1. The molecule has 2 heterocycles. The molecule has 0 spiro atoms. The van der Waals surface area contributed by atoms with Gasteiger partial charge in [-0.2, -0.15) is 10.8 Å². The molecule has 0 aromatic heterocycles. The Labute approximate surface area is 167 Å². The molecular formula is C23H18FN4O+. The van der Waals surface area contributed by atoms with Crippen molar-refractivity contribution in [1.29, 1.82) is 0 Å². The molecule has 2 aliphatic heterocycles. The number of hydrogen-bond donors (Lipinski definition) is 1. The van der Waals surface area contributed by atoms with E-state index in [2.05, 4.69) is 4.99 Å². The Morgan fingerprint density at radius 1 is 1.14 bits per heavy atom. The molecule has 1 aliphatic carbocycles. The summed E-state index contributed by atoms with van der Waals surface area (Å²) in [5, 5.41) is 0. The van der Waals surface area contributed by atoms with E-state index >= 15 is 0 Å². The van der Waals surface area contributed by atoms with Crippen molar-refractivity contribution in [3.8, 4) is 11.5 Å². The zero-order chi connectivity index (χ0) is 20.0. The van der Waals surface area contributed by atoms with Crippen LogP contribution in [-0.4, -0.2) is 16.6 Å². The van der Waals surface area contributed by atoms with Gasteiger partial charge in [0.2, 0.25) is 5.70 Å². The fourth-order valence-corrected chi connectivity index (χ4v) is 3.47. The van der Waals surface area contributed by atoms with Crippen LogP contribution in [0.3, 0.4) is 0 Å². The lowest BCUT2D eigenvalue weighted by Gasteiger charge is -2.26. The molecule has 2 aromatic carbocycles. The molecule has 2 aromatic rings. The summed E-state index contributed by atoms with van der Waals surface area (Å²) in [4.78, 5) is 8.93. The number of benzene rings is 2. The molecule has 6 heteroatoms. The van der Waals surface area contributed by atoms with Crippen LogP contribution >= 0.6 is 0 Å². The van der Waals surface area contributed by atoms with Gasteiger partial charge in [0, 0.05) is 5.57 Å². The van der Waals surface area contributed by atoms with Gasteiger partial charge in [-0.1, -0.05) is 30.4 Å². The van der Waals surface area contributed by atoms with Crippen LogP contribution in [0.1, 0.15) is 11.1 Å². The lowest BCUT2D eigenvalue weighted by Crippen LogP contribution is -2.53. The predicted molar refractivity (Wildman–Crippen MR) is 111 cm³/mol. The second kappa shape index (κ2) is 6.48. The van der Waals surface area contributed by atoms with E-state index in [9.17, 15) is 4.39 Å². The van der Waals surface area contributed by atoms with Crippen LogP contribution in [0.5, 0.6) is 11.5 Å². The molecule has 3 aliphatic rings. The van der Waals surface area contributed by atoms with Gasteiger partial charge in [0.25, 0.3) is 5.84 Å². The zero-order valence-electron chi connectivity index (χ0n) is 15.7. The Morgan fingerprint density at radius 3 is 2.72 bits per heavy atom. The number of ether oxygens (including phenoxy) is 1. The minimum absolute atomic E-state index is 0.148. The van der Waals surface area contributed by atoms with E-state index in [1.807, 2.05) is 43.4 Å². The van der Waals surface area contributed by atoms with E-state index in [4.69, 9.17) is 15.6 Å². The van der Waals surface area contributed by atoms with Crippen LogP contribution in [0.4, 0.5) is 4.39 Å². The smallest absolute Gasteiger partial charge is 0.265 e. The van der Waals surface area contributed by atoms with Gasteiger partial charge in [-0.05, 0) is 42.8 Å². The van der Waals surface area contributed by atoms with E-state index in [0.717, 1.165) is 22.5 Å². The molecule has 0 radical (unpaired) electrons. The summed E-state index contributed by atoms with van der Waals surface area (Å²) >= 11 is 0. The fraction of sp³-hybridized carbons (Fsp3) is 0.0435. The maximum absolute atomic E-state index is 14.9. The molecule has 5 nitrogen and oxygen atoms in total. The molecule has 0 saturated carbocycles. The quantitative estimate of drug-likeness (QED) is 0.616. The Morgan fingerprint density at radius 2 is 2.00 bits per heavy atom. The highest BCUT2D eigenvalue weighted by Crippen LogP contribution is 2.37. The third kappa shape index (κ3) is 2.86. The molecule has 0 bridgehead atoms. The molecule has 29 heavy (non-hydrogen) atoms. The van der Waals surface area contributed by atoms with Crippen molar-refractivity contribution in [3.05, 3.63) is 107 Å². The molecular weight excluding hydrogens is 367 g/mol. The normalized spacial score (nSPS) is 21.6. The van der Waals surface area contributed by atoms with Gasteiger partial charge in [-0.3, -0.25) is 4.99 Å². The van der Waals surface area contributed by atoms with Crippen molar-refractivity contribution in [1.82, 2.24) is 0 Å². The van der Waals surface area contributed by atoms with Gasteiger partial charge >= 0.3 is 0 Å². The van der Waals surface area contributed by atoms with Gasteiger partial charge < -0.3 is 4.74 Å². The average Bonchev–Trinajstić information content (AvgIpc) is 2.95. The van der Waals surface area contributed by atoms with E-state index in [1.165, 1.54) is 6.07 Å². The number of aliphatic imine (C=N–C) groups is 2. The molecule has 142 valence electrons. The summed E-state index contributed by atoms with van der Waals surface area (Å²) in [6.45, 7) is 1.96. The summed E-state index contributed by atoms with van der Waals surface area (Å²) in [5.74, 6) is 7.42. The SMILES string of the molecule is Cc1cccc(Oc2ccc(C3=NC(C4=CC=C4)=C4C=NC=C[N+]34N)cc2F)c1. The number of rotatable bonds is 4. The van der Waals surface area contributed by atoms with Gasteiger partial charge in [0.1, 0.15) is 17.6 Å². The minimum atomic E-state index is -0.481. The highest BCUT2D eigenvalue weighted by atomic mass is 19.1. The van der Waals surface area contributed by atoms with Gasteiger partial charge in [-0.25, -0.2) is 4.39 Å². The van der Waals surface area contributed by atoms with Crippen LogP contribution in [0.15, 0.2) is 100 Å². The van der Waals surface area contributed by atoms with Crippen molar-refractivity contribution >= 4 is 12.1 Å². The first-order valence-electron chi connectivity index (χ1n) is 9.20. The number of fused-ring (bicyclic) bond motifs is 1. The van der Waals surface area contributed by atoms with E-state index in [-0.39, 0.29) is 10.3 Å². The third-order valence-corrected chi connectivity index (χ3v) is 5.03. The van der Waals surface area contributed by atoms with E-state index in [0.29, 0.717) is 17.1 Å². The largest absolute Gasteiger partial charge is 0.454 e. The van der Waals surface area contributed by atoms with Crippen LogP contribution in [0, 0.1) is 12.7 Å². The molecule has 0 fully saturated rings. The second-order valence-corrected chi connectivity index (χ2v) is 7.07. The van der Waals surface area contributed by atoms with Crippen molar-refractivity contribution in [2.24, 2.45) is 15.8 Å². The van der Waals surface area contributed by atoms with E-state index in [1.54, 1.807) is 36.8 Å². The first-order chi connectivity index (χ1) is 14.0. The molecule has 0 amide bonds. The number of nitrogens with zero attached hydrogens (tertiary/aromatic N) is 3. The number of aryl methyl sites for hydroxylation is 1.